The number of carboxylic acids is 1. The Morgan fingerprint density at radius 1 is 1.14 bits per heavy atom. The number of carbonyl (C=O) groups is 2. The van der Waals surface area contributed by atoms with Crippen LogP contribution in [0.4, 0.5) is 0 Å². The summed E-state index contributed by atoms with van der Waals surface area (Å²) in [4.78, 5) is 55.1. The van der Waals surface area contributed by atoms with Crippen molar-refractivity contribution in [1.29, 1.82) is 0 Å². The number of H-pyrrole nitrogens is 1. The zero-order valence-corrected chi connectivity index (χ0v) is 19.9. The second-order valence-electron chi connectivity index (χ2n) is 8.33. The van der Waals surface area contributed by atoms with Crippen molar-refractivity contribution < 1.29 is 29.0 Å². The van der Waals surface area contributed by atoms with Crippen LogP contribution in [0.3, 0.4) is 0 Å². The lowest BCUT2D eigenvalue weighted by Gasteiger charge is -2.15. The van der Waals surface area contributed by atoms with Crippen LogP contribution in [0.1, 0.15) is 41.8 Å². The molecule has 5 N–H and O–H groups in total. The quantitative estimate of drug-likeness (QED) is 0.207. The number of aromatic amines is 1. The van der Waals surface area contributed by atoms with Gasteiger partial charge < -0.3 is 29.8 Å². The van der Waals surface area contributed by atoms with Crippen LogP contribution in [0.2, 0.25) is 0 Å². The Balaban J connectivity index is 1.65. The lowest BCUT2D eigenvalue weighted by molar-refractivity contribution is -0.138. The number of hydrogen-bond donors (Lipinski definition) is 5. The first-order chi connectivity index (χ1) is 16.6. The van der Waals surface area contributed by atoms with Crippen LogP contribution >= 0.6 is 7.60 Å². The minimum absolute atomic E-state index is 0.169. The van der Waals surface area contributed by atoms with Gasteiger partial charge in [0.25, 0.3) is 5.91 Å². The summed E-state index contributed by atoms with van der Waals surface area (Å²) in [6.45, 7) is 2.74. The smallest absolute Gasteiger partial charge is 0.328 e. The highest BCUT2D eigenvalue weighted by atomic mass is 31.2. The van der Waals surface area contributed by atoms with E-state index >= 15 is 0 Å². The van der Waals surface area contributed by atoms with Gasteiger partial charge >= 0.3 is 13.6 Å². The molecular weight excluding hydrogens is 473 g/mol. The van der Waals surface area contributed by atoms with Crippen LogP contribution < -0.4 is 5.32 Å². The van der Waals surface area contributed by atoms with Gasteiger partial charge in [-0.3, -0.25) is 9.36 Å². The van der Waals surface area contributed by atoms with E-state index in [1.165, 1.54) is 6.07 Å². The van der Waals surface area contributed by atoms with E-state index in [0.29, 0.717) is 24.0 Å². The summed E-state index contributed by atoms with van der Waals surface area (Å²) < 4.78 is 13.3. The predicted molar refractivity (Wildman–Crippen MR) is 129 cm³/mol. The largest absolute Gasteiger partial charge is 0.480 e. The highest BCUT2D eigenvalue weighted by Gasteiger charge is 2.29. The summed E-state index contributed by atoms with van der Waals surface area (Å²) >= 11 is 0. The molecule has 4 aromatic rings. The van der Waals surface area contributed by atoms with Gasteiger partial charge in [-0.15, -0.1) is 0 Å². The summed E-state index contributed by atoms with van der Waals surface area (Å²) in [7, 11) is -4.64. The molecule has 2 aromatic carbocycles. The highest BCUT2D eigenvalue weighted by molar-refractivity contribution is 7.51. The van der Waals surface area contributed by atoms with Crippen LogP contribution in [0, 0.1) is 0 Å². The molecule has 11 nitrogen and oxygen atoms in total. The Morgan fingerprint density at radius 3 is 2.60 bits per heavy atom. The van der Waals surface area contributed by atoms with Gasteiger partial charge in [0.15, 0.2) is 0 Å². The number of rotatable bonds is 10. The summed E-state index contributed by atoms with van der Waals surface area (Å²) in [5, 5.41) is 11.5. The third kappa shape index (κ3) is 5.76. The second-order valence-corrected chi connectivity index (χ2v) is 10.0. The van der Waals surface area contributed by atoms with E-state index in [4.69, 9.17) is 14.8 Å². The first-order valence-electron chi connectivity index (χ1n) is 11.2. The van der Waals surface area contributed by atoms with Gasteiger partial charge in [0, 0.05) is 12.1 Å². The van der Waals surface area contributed by atoms with Gasteiger partial charge in [0.05, 0.1) is 34.6 Å². The number of para-hydroxylation sites is 2. The summed E-state index contributed by atoms with van der Waals surface area (Å²) in [6.07, 6.45) is 1.30. The maximum atomic E-state index is 12.7. The Labute approximate surface area is 200 Å². The number of amides is 1. The zero-order valence-electron chi connectivity index (χ0n) is 19.0. The van der Waals surface area contributed by atoms with Crippen LogP contribution in [0.25, 0.3) is 22.1 Å². The fourth-order valence-corrected chi connectivity index (χ4v) is 4.64. The third-order valence-electron chi connectivity index (χ3n) is 5.61. The van der Waals surface area contributed by atoms with Gasteiger partial charge in [-0.1, -0.05) is 25.5 Å². The van der Waals surface area contributed by atoms with E-state index in [1.807, 2.05) is 28.8 Å². The molecule has 35 heavy (non-hydrogen) atoms. The summed E-state index contributed by atoms with van der Waals surface area (Å²) in [5.74, 6) is -0.729. The molecule has 1 amide bonds. The van der Waals surface area contributed by atoms with Crippen LogP contribution in [0.15, 0.2) is 42.5 Å². The van der Waals surface area contributed by atoms with E-state index in [-0.39, 0.29) is 5.56 Å². The van der Waals surface area contributed by atoms with Crippen molar-refractivity contribution >= 4 is 41.5 Å². The first-order valence-corrected chi connectivity index (χ1v) is 13.0. The molecule has 184 valence electrons. The number of carboxylic acid groups (broad SMARTS) is 1. The molecule has 2 aromatic heterocycles. The molecule has 4 rings (SSSR count). The number of hydrogen-bond acceptors (Lipinski definition) is 5. The number of benzene rings is 2. The average molecular weight is 499 g/mol. The predicted octanol–water partition coefficient (Wildman–Crippen LogP) is 2.66. The number of carbonyl (C=O) groups excluding carboxylic acids is 1. The topological polar surface area (TPSA) is 170 Å². The van der Waals surface area contributed by atoms with Crippen molar-refractivity contribution in [3.8, 4) is 0 Å². The molecule has 0 bridgehead atoms. The normalized spacial score (nSPS) is 12.8. The third-order valence-corrected chi connectivity index (χ3v) is 6.45. The van der Waals surface area contributed by atoms with Crippen molar-refractivity contribution in [2.24, 2.45) is 0 Å². The van der Waals surface area contributed by atoms with Crippen molar-refractivity contribution in [2.75, 3.05) is 6.16 Å². The molecule has 0 fully saturated rings. The lowest BCUT2D eigenvalue weighted by Crippen LogP contribution is -2.43. The molecule has 0 saturated carbocycles. The minimum atomic E-state index is -4.64. The van der Waals surface area contributed by atoms with Gasteiger partial charge in [-0.2, -0.15) is 0 Å². The summed E-state index contributed by atoms with van der Waals surface area (Å²) in [5.41, 5.74) is 3.34. The van der Waals surface area contributed by atoms with E-state index in [0.717, 1.165) is 35.5 Å². The van der Waals surface area contributed by atoms with Crippen LogP contribution in [-0.4, -0.2) is 58.5 Å². The van der Waals surface area contributed by atoms with E-state index in [2.05, 4.69) is 22.2 Å². The molecule has 0 aliphatic heterocycles. The van der Waals surface area contributed by atoms with Crippen molar-refractivity contribution in [1.82, 2.24) is 24.8 Å². The number of fused-ring (bicyclic) bond motifs is 2. The Bertz CT molecular complexity index is 1410. The van der Waals surface area contributed by atoms with E-state index in [1.54, 1.807) is 12.1 Å². The maximum absolute atomic E-state index is 12.7. The molecule has 0 saturated heterocycles. The zero-order chi connectivity index (χ0) is 25.2. The SMILES string of the molecule is CCCCn1c(Cc2nc3ccccc3[nH]2)nc2ccc(C(=O)NC(CP(=O)(O)O)C(=O)O)cc21. The highest BCUT2D eigenvalue weighted by Crippen LogP contribution is 2.35. The Morgan fingerprint density at radius 2 is 1.91 bits per heavy atom. The number of nitrogens with zero attached hydrogens (tertiary/aromatic N) is 3. The molecule has 2 heterocycles. The lowest BCUT2D eigenvalue weighted by atomic mass is 10.1. The van der Waals surface area contributed by atoms with Crippen LogP contribution in [-0.2, 0) is 22.3 Å². The number of aliphatic carboxylic acids is 1. The molecular formula is C23H26N5O6P. The van der Waals surface area contributed by atoms with Crippen molar-refractivity contribution in [3.05, 3.63) is 59.7 Å². The first kappa shape index (κ1) is 24.6. The number of imidazole rings is 2. The molecule has 12 heteroatoms. The van der Waals surface area contributed by atoms with Gasteiger partial charge in [0.2, 0.25) is 0 Å². The Kier molecular flexibility index (Phi) is 7.02. The summed E-state index contributed by atoms with van der Waals surface area (Å²) in [6, 6.07) is 10.8. The van der Waals surface area contributed by atoms with Crippen molar-refractivity contribution in [3.63, 3.8) is 0 Å². The average Bonchev–Trinajstić information content (AvgIpc) is 3.36. The number of nitrogens with one attached hydrogen (secondary N) is 2. The Hall–Kier alpha value is -3.53. The fraction of sp³-hybridized carbons (Fsp3) is 0.304. The second kappa shape index (κ2) is 9.99. The minimum Gasteiger partial charge on any atom is -0.480 e. The van der Waals surface area contributed by atoms with Crippen molar-refractivity contribution in [2.45, 2.75) is 38.8 Å². The van der Waals surface area contributed by atoms with E-state index < -0.39 is 31.7 Å². The molecule has 0 radical (unpaired) electrons. The number of aromatic nitrogens is 4. The fourth-order valence-electron chi connectivity index (χ4n) is 3.92. The molecule has 0 spiro atoms. The standard InChI is InChI=1S/C23H26N5O6P/c1-2-3-10-28-19-11-14(22(29)27-18(23(30)31)13-35(32,33)34)8-9-17(19)26-21(28)12-20-24-15-6-4-5-7-16(15)25-20/h4-9,11,18H,2-3,10,12-13H2,1H3,(H,24,25)(H,27,29)(H,30,31)(H2,32,33,34). The molecule has 1 unspecified atom stereocenters. The van der Waals surface area contributed by atoms with E-state index in [9.17, 15) is 19.3 Å². The van der Waals surface area contributed by atoms with Gasteiger partial charge in [0.1, 0.15) is 17.7 Å². The maximum Gasteiger partial charge on any atom is 0.328 e. The molecule has 0 aliphatic carbocycles. The van der Waals surface area contributed by atoms with Gasteiger partial charge in [-0.05, 0) is 36.8 Å². The molecule has 0 aliphatic rings. The number of unbranched alkanes of at least 4 members (excludes halogenated alkanes) is 1. The van der Waals surface area contributed by atoms with Crippen LogP contribution in [0.5, 0.6) is 0 Å². The van der Waals surface area contributed by atoms with Gasteiger partial charge in [-0.25, -0.2) is 14.8 Å². The monoisotopic (exact) mass is 499 g/mol. The molecule has 1 atom stereocenters. The number of aryl methyl sites for hydroxylation is 1.